The molecule has 106 valence electrons. The van der Waals surface area contributed by atoms with Crippen molar-refractivity contribution >= 4 is 16.2 Å². The van der Waals surface area contributed by atoms with Crippen LogP contribution in [-0.2, 0) is 21.5 Å². The molecule has 19 heavy (non-hydrogen) atoms. The molecule has 1 aliphatic heterocycles. The van der Waals surface area contributed by atoms with Crippen LogP contribution in [0.2, 0.25) is 0 Å². The summed E-state index contributed by atoms with van der Waals surface area (Å²) >= 11 is 0. The van der Waals surface area contributed by atoms with Crippen LogP contribution in [0.15, 0.2) is 18.5 Å². The van der Waals surface area contributed by atoms with E-state index >= 15 is 0 Å². The van der Waals surface area contributed by atoms with Crippen LogP contribution in [0.5, 0.6) is 0 Å². The average Bonchev–Trinajstić information content (AvgIpc) is 2.90. The van der Waals surface area contributed by atoms with Crippen molar-refractivity contribution in [3.63, 3.8) is 0 Å². The number of carboxylic acids is 1. The predicted molar refractivity (Wildman–Crippen MR) is 68.5 cm³/mol. The highest BCUT2D eigenvalue weighted by Gasteiger charge is 2.30. The van der Waals surface area contributed by atoms with Crippen molar-refractivity contribution in [1.82, 2.24) is 14.0 Å². The van der Waals surface area contributed by atoms with Crippen molar-refractivity contribution in [2.45, 2.75) is 19.4 Å². The number of nitrogens with one attached hydrogen (secondary N) is 2. The standard InChI is InChI=1S/C11H17N3O4S/c15-11(16)10-2-5-14(6-3-10)19(17,18)13-8-9-1-4-12-7-9/h1,4,7,10,12-13H,2-3,5-6,8H2,(H,15,16). The summed E-state index contributed by atoms with van der Waals surface area (Å²) in [7, 11) is -3.53. The summed E-state index contributed by atoms with van der Waals surface area (Å²) in [6.45, 7) is 0.726. The van der Waals surface area contributed by atoms with Crippen molar-refractivity contribution in [3.05, 3.63) is 24.0 Å². The summed E-state index contributed by atoms with van der Waals surface area (Å²) in [6.07, 6.45) is 4.17. The number of aromatic amines is 1. The fourth-order valence-electron chi connectivity index (χ4n) is 2.08. The molecule has 7 nitrogen and oxygen atoms in total. The minimum atomic E-state index is -3.53. The van der Waals surface area contributed by atoms with Gasteiger partial charge in [-0.05, 0) is 24.5 Å². The van der Waals surface area contributed by atoms with E-state index in [9.17, 15) is 13.2 Å². The molecule has 3 N–H and O–H groups in total. The number of aliphatic carboxylic acids is 1. The number of carbonyl (C=O) groups is 1. The van der Waals surface area contributed by atoms with Crippen LogP contribution in [0.3, 0.4) is 0 Å². The summed E-state index contributed by atoms with van der Waals surface area (Å²) < 4.78 is 27.8. The lowest BCUT2D eigenvalue weighted by Gasteiger charge is -2.29. The van der Waals surface area contributed by atoms with Gasteiger partial charge in [0.25, 0.3) is 10.2 Å². The Labute approximate surface area is 111 Å². The number of piperidine rings is 1. The Kier molecular flexibility index (Phi) is 4.23. The molecule has 1 saturated heterocycles. The monoisotopic (exact) mass is 287 g/mol. The lowest BCUT2D eigenvalue weighted by Crippen LogP contribution is -2.45. The van der Waals surface area contributed by atoms with Gasteiger partial charge in [0.1, 0.15) is 0 Å². The van der Waals surface area contributed by atoms with E-state index in [1.54, 1.807) is 18.5 Å². The maximum Gasteiger partial charge on any atom is 0.306 e. The fourth-order valence-corrected chi connectivity index (χ4v) is 3.30. The fraction of sp³-hybridized carbons (Fsp3) is 0.545. The van der Waals surface area contributed by atoms with Crippen LogP contribution >= 0.6 is 0 Å². The van der Waals surface area contributed by atoms with Crippen molar-refractivity contribution in [3.8, 4) is 0 Å². The van der Waals surface area contributed by atoms with Gasteiger partial charge >= 0.3 is 5.97 Å². The molecule has 0 aliphatic carbocycles. The molecule has 2 rings (SSSR count). The normalized spacial score (nSPS) is 18.5. The molecule has 1 aromatic rings. The van der Waals surface area contributed by atoms with Crippen LogP contribution < -0.4 is 4.72 Å². The van der Waals surface area contributed by atoms with E-state index in [1.807, 2.05) is 0 Å². The Bertz CT molecular complexity index is 518. The van der Waals surface area contributed by atoms with Gasteiger partial charge in [-0.3, -0.25) is 4.79 Å². The topological polar surface area (TPSA) is 102 Å². The summed E-state index contributed by atoms with van der Waals surface area (Å²) in [5.41, 5.74) is 0.851. The maximum atomic E-state index is 12.0. The maximum absolute atomic E-state index is 12.0. The second-order valence-corrected chi connectivity index (χ2v) is 6.31. The number of carboxylic acid groups (broad SMARTS) is 1. The molecule has 0 atom stereocenters. The van der Waals surface area contributed by atoms with E-state index in [-0.39, 0.29) is 19.6 Å². The van der Waals surface area contributed by atoms with Gasteiger partial charge in [0.2, 0.25) is 0 Å². The molecule has 0 spiro atoms. The summed E-state index contributed by atoms with van der Waals surface area (Å²) in [4.78, 5) is 13.7. The molecule has 0 aromatic carbocycles. The van der Waals surface area contributed by atoms with Crippen molar-refractivity contribution in [1.29, 1.82) is 0 Å². The van der Waals surface area contributed by atoms with Crippen molar-refractivity contribution in [2.24, 2.45) is 5.92 Å². The van der Waals surface area contributed by atoms with Gasteiger partial charge in [-0.15, -0.1) is 0 Å². The first-order chi connectivity index (χ1) is 8.99. The number of rotatable bonds is 5. The van der Waals surface area contributed by atoms with E-state index < -0.39 is 22.1 Å². The van der Waals surface area contributed by atoms with Gasteiger partial charge in [0.05, 0.1) is 5.92 Å². The minimum absolute atomic E-state index is 0.227. The van der Waals surface area contributed by atoms with Crippen LogP contribution in [-0.4, -0.2) is 41.9 Å². The third-order valence-electron chi connectivity index (χ3n) is 3.26. The van der Waals surface area contributed by atoms with Crippen LogP contribution in [0.25, 0.3) is 0 Å². The second-order valence-electron chi connectivity index (χ2n) is 4.56. The summed E-state index contributed by atoms with van der Waals surface area (Å²) in [5, 5.41) is 8.87. The highest BCUT2D eigenvalue weighted by atomic mass is 32.2. The number of hydrogen-bond donors (Lipinski definition) is 3. The van der Waals surface area contributed by atoms with E-state index in [4.69, 9.17) is 5.11 Å². The zero-order valence-corrected chi connectivity index (χ0v) is 11.2. The number of aromatic nitrogens is 1. The SMILES string of the molecule is O=C(O)C1CCN(S(=O)(=O)NCc2cc[nH]c2)CC1. The van der Waals surface area contributed by atoms with Gasteiger partial charge in [-0.2, -0.15) is 17.4 Å². The molecular formula is C11H17N3O4S. The molecule has 0 radical (unpaired) electrons. The number of H-pyrrole nitrogens is 1. The Morgan fingerprint density at radius 2 is 2.16 bits per heavy atom. The van der Waals surface area contributed by atoms with Crippen LogP contribution in [0.4, 0.5) is 0 Å². The number of hydrogen-bond acceptors (Lipinski definition) is 3. The molecule has 1 fully saturated rings. The van der Waals surface area contributed by atoms with Gasteiger partial charge in [0.15, 0.2) is 0 Å². The average molecular weight is 287 g/mol. The van der Waals surface area contributed by atoms with E-state index in [0.717, 1.165) is 5.56 Å². The first-order valence-corrected chi connectivity index (χ1v) is 7.52. The van der Waals surface area contributed by atoms with Crippen molar-refractivity contribution in [2.75, 3.05) is 13.1 Å². The van der Waals surface area contributed by atoms with Crippen LogP contribution in [0.1, 0.15) is 18.4 Å². The zero-order chi connectivity index (χ0) is 13.9. The van der Waals surface area contributed by atoms with E-state index in [2.05, 4.69) is 9.71 Å². The van der Waals surface area contributed by atoms with Gasteiger partial charge in [-0.25, -0.2) is 0 Å². The first-order valence-electron chi connectivity index (χ1n) is 6.08. The summed E-state index contributed by atoms with van der Waals surface area (Å²) in [6, 6.07) is 1.79. The Balaban J connectivity index is 1.88. The number of nitrogens with zero attached hydrogens (tertiary/aromatic N) is 1. The Morgan fingerprint density at radius 3 is 2.68 bits per heavy atom. The molecule has 0 unspecified atom stereocenters. The van der Waals surface area contributed by atoms with Gasteiger partial charge in [0, 0.05) is 32.0 Å². The highest BCUT2D eigenvalue weighted by Crippen LogP contribution is 2.19. The minimum Gasteiger partial charge on any atom is -0.481 e. The van der Waals surface area contributed by atoms with E-state index in [0.29, 0.717) is 12.8 Å². The van der Waals surface area contributed by atoms with Crippen molar-refractivity contribution < 1.29 is 18.3 Å². The Morgan fingerprint density at radius 1 is 1.47 bits per heavy atom. The molecule has 2 heterocycles. The molecule has 1 aromatic heterocycles. The predicted octanol–water partition coefficient (Wildman–Crippen LogP) is 0.146. The quantitative estimate of drug-likeness (QED) is 0.717. The Hall–Kier alpha value is -1.38. The first kappa shape index (κ1) is 14.0. The smallest absolute Gasteiger partial charge is 0.306 e. The molecular weight excluding hydrogens is 270 g/mol. The summed E-state index contributed by atoms with van der Waals surface area (Å²) in [5.74, 6) is -1.28. The molecule has 0 amide bonds. The van der Waals surface area contributed by atoms with E-state index in [1.165, 1.54) is 4.31 Å². The molecule has 8 heteroatoms. The van der Waals surface area contributed by atoms with Gasteiger partial charge in [-0.1, -0.05) is 0 Å². The molecule has 1 aliphatic rings. The second kappa shape index (κ2) is 5.72. The van der Waals surface area contributed by atoms with Crippen LogP contribution in [0, 0.1) is 5.92 Å². The highest BCUT2D eigenvalue weighted by molar-refractivity contribution is 7.87. The lowest BCUT2D eigenvalue weighted by molar-refractivity contribution is -0.142. The largest absolute Gasteiger partial charge is 0.481 e. The van der Waals surface area contributed by atoms with Gasteiger partial charge < -0.3 is 10.1 Å². The molecule has 0 bridgehead atoms. The molecule has 0 saturated carbocycles. The third kappa shape index (κ3) is 3.55. The lowest BCUT2D eigenvalue weighted by atomic mass is 9.99. The third-order valence-corrected chi connectivity index (χ3v) is 4.82. The zero-order valence-electron chi connectivity index (χ0n) is 10.4.